The Bertz CT molecular complexity index is 672. The summed E-state index contributed by atoms with van der Waals surface area (Å²) in [5.74, 6) is 0.566. The third kappa shape index (κ3) is 5.70. The molecule has 0 saturated carbocycles. The van der Waals surface area contributed by atoms with Crippen molar-refractivity contribution in [3.05, 3.63) is 34.6 Å². The molecule has 28 heavy (non-hydrogen) atoms. The number of piperazine rings is 1. The van der Waals surface area contributed by atoms with E-state index >= 15 is 0 Å². The molecule has 0 radical (unpaired) electrons. The molecule has 0 aromatic heterocycles. The van der Waals surface area contributed by atoms with E-state index < -0.39 is 0 Å². The maximum atomic E-state index is 13.9. The molecule has 1 amide bonds. The van der Waals surface area contributed by atoms with Gasteiger partial charge in [0, 0.05) is 57.0 Å². The third-order valence-corrected chi connectivity index (χ3v) is 5.38. The lowest BCUT2D eigenvalue weighted by Crippen LogP contribution is -2.55. The summed E-state index contributed by atoms with van der Waals surface area (Å²) in [6.07, 6.45) is 1.99. The highest BCUT2D eigenvalue weighted by Gasteiger charge is 2.30. The van der Waals surface area contributed by atoms with Gasteiger partial charge in [-0.2, -0.15) is 0 Å². The van der Waals surface area contributed by atoms with Crippen LogP contribution in [0.2, 0.25) is 5.02 Å². The highest BCUT2D eigenvalue weighted by molar-refractivity contribution is 14.0. The van der Waals surface area contributed by atoms with Crippen LogP contribution in [0.25, 0.3) is 0 Å². The second kappa shape index (κ2) is 11.2. The van der Waals surface area contributed by atoms with Crippen molar-refractivity contribution < 1.29 is 13.9 Å². The quantitative estimate of drug-likeness (QED) is 0.374. The average molecular weight is 525 g/mol. The number of carbonyl (C=O) groups is 1. The Morgan fingerprint density at radius 1 is 1.32 bits per heavy atom. The van der Waals surface area contributed by atoms with Crippen molar-refractivity contribution in [1.29, 1.82) is 0 Å². The molecule has 2 aliphatic rings. The average Bonchev–Trinajstić information content (AvgIpc) is 3.22. The van der Waals surface area contributed by atoms with E-state index in [1.54, 1.807) is 19.2 Å². The van der Waals surface area contributed by atoms with Gasteiger partial charge in [0.15, 0.2) is 5.96 Å². The van der Waals surface area contributed by atoms with Crippen molar-refractivity contribution in [2.24, 2.45) is 4.99 Å². The smallest absolute Gasteiger partial charge is 0.251 e. The van der Waals surface area contributed by atoms with E-state index in [-0.39, 0.29) is 41.8 Å². The Kier molecular flexibility index (Phi) is 9.23. The molecule has 0 bridgehead atoms. The van der Waals surface area contributed by atoms with Gasteiger partial charge >= 0.3 is 0 Å². The Morgan fingerprint density at radius 2 is 2.04 bits per heavy atom. The number of hydrogen-bond acceptors (Lipinski definition) is 3. The van der Waals surface area contributed by atoms with Crippen molar-refractivity contribution in [3.63, 3.8) is 0 Å². The third-order valence-electron chi connectivity index (χ3n) is 5.03. The maximum absolute atomic E-state index is 13.9. The number of amides is 1. The summed E-state index contributed by atoms with van der Waals surface area (Å²) in [5, 5.41) is 3.70. The van der Waals surface area contributed by atoms with E-state index in [1.165, 1.54) is 6.07 Å². The molecule has 1 N–H and O–H groups in total. The summed E-state index contributed by atoms with van der Waals surface area (Å²) in [6, 6.07) is 4.71. The standard InChI is InChI=1S/C19H26ClFN4O2.HI/c1-22-19(23-8-7-14-15(20)4-2-5-16(14)21)25-11-9-24(10-12-25)18(26)17-6-3-13-27-17;/h2,4-5,17H,3,6-13H2,1H3,(H,22,23);1H. The van der Waals surface area contributed by atoms with Gasteiger partial charge in [-0.25, -0.2) is 4.39 Å². The first-order valence-electron chi connectivity index (χ1n) is 9.39. The molecule has 0 aliphatic carbocycles. The molecule has 2 heterocycles. The van der Waals surface area contributed by atoms with Gasteiger partial charge in [-0.05, 0) is 31.4 Å². The highest BCUT2D eigenvalue weighted by atomic mass is 127. The molecule has 9 heteroatoms. The largest absolute Gasteiger partial charge is 0.368 e. The molecule has 0 spiro atoms. The van der Waals surface area contributed by atoms with Crippen LogP contribution in [-0.4, -0.2) is 74.1 Å². The van der Waals surface area contributed by atoms with E-state index in [2.05, 4.69) is 15.2 Å². The number of hydrogen-bond donors (Lipinski definition) is 1. The molecular formula is C19H27ClFIN4O2. The number of ether oxygens (including phenoxy) is 1. The van der Waals surface area contributed by atoms with Crippen LogP contribution >= 0.6 is 35.6 Å². The van der Waals surface area contributed by atoms with Gasteiger partial charge in [0.2, 0.25) is 0 Å². The van der Waals surface area contributed by atoms with Gasteiger partial charge in [0.05, 0.1) is 0 Å². The summed E-state index contributed by atoms with van der Waals surface area (Å²) in [5.41, 5.74) is 0.508. The van der Waals surface area contributed by atoms with Gasteiger partial charge in [-0.1, -0.05) is 17.7 Å². The van der Waals surface area contributed by atoms with Crippen LogP contribution in [0.5, 0.6) is 0 Å². The fourth-order valence-corrected chi connectivity index (χ4v) is 3.77. The van der Waals surface area contributed by atoms with Crippen LogP contribution < -0.4 is 5.32 Å². The first-order valence-corrected chi connectivity index (χ1v) is 9.77. The minimum Gasteiger partial charge on any atom is -0.368 e. The first kappa shape index (κ1) is 23.2. The molecule has 2 aliphatic heterocycles. The number of rotatable bonds is 4. The number of guanidine groups is 1. The fourth-order valence-electron chi connectivity index (χ4n) is 3.52. The number of nitrogens with zero attached hydrogens (tertiary/aromatic N) is 3. The minimum atomic E-state index is -0.291. The van der Waals surface area contributed by atoms with Crippen LogP contribution in [0.4, 0.5) is 4.39 Å². The van der Waals surface area contributed by atoms with Crippen molar-refractivity contribution in [1.82, 2.24) is 15.1 Å². The van der Waals surface area contributed by atoms with E-state index in [0.717, 1.165) is 18.8 Å². The molecule has 2 fully saturated rings. The molecule has 3 rings (SSSR count). The van der Waals surface area contributed by atoms with E-state index in [4.69, 9.17) is 16.3 Å². The molecule has 1 unspecified atom stereocenters. The zero-order valence-electron chi connectivity index (χ0n) is 16.0. The lowest BCUT2D eigenvalue weighted by Gasteiger charge is -2.37. The fraction of sp³-hybridized carbons (Fsp3) is 0.579. The molecule has 156 valence electrons. The van der Waals surface area contributed by atoms with Crippen LogP contribution in [0.1, 0.15) is 18.4 Å². The Balaban J connectivity index is 0.00000280. The number of benzene rings is 1. The van der Waals surface area contributed by atoms with Crippen molar-refractivity contribution >= 4 is 47.4 Å². The zero-order valence-corrected chi connectivity index (χ0v) is 19.1. The van der Waals surface area contributed by atoms with Crippen molar-refractivity contribution in [2.45, 2.75) is 25.4 Å². The van der Waals surface area contributed by atoms with E-state index in [1.807, 2.05) is 4.90 Å². The van der Waals surface area contributed by atoms with Gasteiger partial charge in [0.25, 0.3) is 5.91 Å². The predicted molar refractivity (Wildman–Crippen MR) is 119 cm³/mol. The van der Waals surface area contributed by atoms with Crippen LogP contribution in [0.3, 0.4) is 0 Å². The maximum Gasteiger partial charge on any atom is 0.251 e. The Hall–Kier alpha value is -1.13. The SMILES string of the molecule is CN=C(NCCc1c(F)cccc1Cl)N1CCN(C(=O)C2CCCO2)CC1.I. The summed E-state index contributed by atoms with van der Waals surface area (Å²) >= 11 is 6.07. The number of aliphatic imine (C=N–C) groups is 1. The summed E-state index contributed by atoms with van der Waals surface area (Å²) in [4.78, 5) is 20.7. The monoisotopic (exact) mass is 524 g/mol. The Labute approximate surface area is 187 Å². The molecule has 1 atom stereocenters. The van der Waals surface area contributed by atoms with Crippen molar-refractivity contribution in [3.8, 4) is 0 Å². The van der Waals surface area contributed by atoms with Gasteiger partial charge < -0.3 is 19.9 Å². The van der Waals surface area contributed by atoms with Crippen LogP contribution in [0.15, 0.2) is 23.2 Å². The molecule has 1 aromatic rings. The predicted octanol–water partition coefficient (Wildman–Crippen LogP) is 2.54. The van der Waals surface area contributed by atoms with Crippen LogP contribution in [0, 0.1) is 5.82 Å². The molecule has 2 saturated heterocycles. The topological polar surface area (TPSA) is 57.2 Å². The number of nitrogens with one attached hydrogen (secondary N) is 1. The van der Waals surface area contributed by atoms with E-state index in [9.17, 15) is 9.18 Å². The number of halogens is 3. The lowest BCUT2D eigenvalue weighted by atomic mass is 10.1. The summed E-state index contributed by atoms with van der Waals surface area (Å²) in [6.45, 7) is 3.93. The number of carbonyl (C=O) groups excluding carboxylic acids is 1. The van der Waals surface area contributed by atoms with Crippen LogP contribution in [-0.2, 0) is 16.0 Å². The normalized spacial score (nSPS) is 20.1. The van der Waals surface area contributed by atoms with Gasteiger partial charge in [-0.15, -0.1) is 24.0 Å². The lowest BCUT2D eigenvalue weighted by molar-refractivity contribution is -0.142. The van der Waals surface area contributed by atoms with Gasteiger partial charge in [0.1, 0.15) is 11.9 Å². The summed E-state index contributed by atoms with van der Waals surface area (Å²) < 4.78 is 19.4. The Morgan fingerprint density at radius 3 is 2.64 bits per heavy atom. The molecular weight excluding hydrogens is 498 g/mol. The second-order valence-corrected chi connectivity index (χ2v) is 7.15. The van der Waals surface area contributed by atoms with Crippen molar-refractivity contribution in [2.75, 3.05) is 46.4 Å². The zero-order chi connectivity index (χ0) is 19.2. The molecule has 1 aromatic carbocycles. The van der Waals surface area contributed by atoms with E-state index in [0.29, 0.717) is 56.3 Å². The minimum absolute atomic E-state index is 0. The highest BCUT2D eigenvalue weighted by Crippen LogP contribution is 2.19. The molecule has 6 nitrogen and oxygen atoms in total. The second-order valence-electron chi connectivity index (χ2n) is 6.74. The van der Waals surface area contributed by atoms with Gasteiger partial charge in [-0.3, -0.25) is 9.79 Å². The summed E-state index contributed by atoms with van der Waals surface area (Å²) in [7, 11) is 1.72. The first-order chi connectivity index (χ1) is 13.1.